The van der Waals surface area contributed by atoms with Crippen molar-refractivity contribution >= 4 is 33.4 Å². The van der Waals surface area contributed by atoms with Gasteiger partial charge in [-0.1, -0.05) is 65.8 Å². The van der Waals surface area contributed by atoms with E-state index in [4.69, 9.17) is 9.12 Å². The van der Waals surface area contributed by atoms with Crippen molar-refractivity contribution in [3.05, 3.63) is 114 Å². The Balaban J connectivity index is 1.61. The van der Waals surface area contributed by atoms with Gasteiger partial charge in [-0.25, -0.2) is 4.79 Å². The van der Waals surface area contributed by atoms with Crippen LogP contribution in [0, 0.1) is 6.92 Å². The van der Waals surface area contributed by atoms with Crippen LogP contribution in [0.4, 0.5) is 0 Å². The van der Waals surface area contributed by atoms with Crippen molar-refractivity contribution in [3.8, 4) is 0 Å². The van der Waals surface area contributed by atoms with Gasteiger partial charge in [0, 0.05) is 24.6 Å². The number of nitrogens with one attached hydrogen (secondary N) is 1. The Morgan fingerprint density at radius 2 is 1.51 bits per heavy atom. The fourth-order valence-corrected chi connectivity index (χ4v) is 3.90. The number of oxime groups is 1. The molecule has 3 aromatic rings. The quantitative estimate of drug-likeness (QED) is 0.124. The molecule has 0 bridgehead atoms. The van der Waals surface area contributed by atoms with Gasteiger partial charge in [0.25, 0.3) is 0 Å². The molecular weight excluding hydrogens is 496 g/mol. The Bertz CT molecular complexity index is 1420. The van der Waals surface area contributed by atoms with E-state index in [0.717, 1.165) is 17.8 Å². The third-order valence-corrected chi connectivity index (χ3v) is 6.07. The highest BCUT2D eigenvalue weighted by molar-refractivity contribution is 7.86. The molecule has 0 unspecified atom stereocenters. The van der Waals surface area contributed by atoms with E-state index in [1.807, 2.05) is 0 Å². The number of hydrogen-bond acceptors (Lipinski definition) is 9. The van der Waals surface area contributed by atoms with E-state index >= 15 is 0 Å². The second-order valence-corrected chi connectivity index (χ2v) is 9.30. The van der Waals surface area contributed by atoms with E-state index in [9.17, 15) is 22.8 Å². The lowest BCUT2D eigenvalue weighted by atomic mass is 10.0. The van der Waals surface area contributed by atoms with Crippen LogP contribution < -0.4 is 5.48 Å². The van der Waals surface area contributed by atoms with Crippen molar-refractivity contribution in [2.75, 3.05) is 0 Å². The molecule has 3 aromatic carbocycles. The molecule has 0 atom stereocenters. The lowest BCUT2D eigenvalue weighted by Gasteiger charge is -2.06. The Hall–Kier alpha value is -4.41. The topological polar surface area (TPSA) is 128 Å². The third-order valence-electron chi connectivity index (χ3n) is 4.93. The van der Waals surface area contributed by atoms with Crippen LogP contribution in [-0.2, 0) is 24.0 Å². The van der Waals surface area contributed by atoms with Gasteiger partial charge in [-0.05, 0) is 42.8 Å². The van der Waals surface area contributed by atoms with E-state index in [1.54, 1.807) is 79.7 Å². The first-order chi connectivity index (χ1) is 17.8. The smallest absolute Gasteiger partial charge is 0.312 e. The monoisotopic (exact) mass is 520 g/mol. The first-order valence-corrected chi connectivity index (χ1v) is 12.5. The van der Waals surface area contributed by atoms with Gasteiger partial charge in [0.2, 0.25) is 5.78 Å². The predicted octanol–water partition coefficient (Wildman–Crippen LogP) is 4.16. The van der Waals surface area contributed by atoms with Crippen molar-refractivity contribution in [2.24, 2.45) is 5.16 Å². The molecule has 0 saturated carbocycles. The average Bonchev–Trinajstić information content (AvgIpc) is 2.91. The summed E-state index contributed by atoms with van der Waals surface area (Å²) in [4.78, 5) is 42.3. The van der Waals surface area contributed by atoms with Crippen LogP contribution >= 0.6 is 0 Å². The second kappa shape index (κ2) is 13.1. The first-order valence-electron chi connectivity index (χ1n) is 11.1. The number of allylic oxidation sites excluding steroid dienone is 1. The zero-order valence-corrected chi connectivity index (χ0v) is 20.7. The van der Waals surface area contributed by atoms with Crippen molar-refractivity contribution in [3.63, 3.8) is 0 Å². The molecule has 0 aliphatic carbocycles. The Kier molecular flexibility index (Phi) is 9.59. The summed E-state index contributed by atoms with van der Waals surface area (Å²) < 4.78 is 29.1. The number of rotatable bonds is 12. The zero-order valence-electron chi connectivity index (χ0n) is 19.9. The lowest BCUT2D eigenvalue weighted by molar-refractivity contribution is -0.114. The second-order valence-electron chi connectivity index (χ2n) is 7.75. The summed E-state index contributed by atoms with van der Waals surface area (Å²) in [7, 11) is -4.07. The Morgan fingerprint density at radius 1 is 0.865 bits per heavy atom. The highest BCUT2D eigenvalue weighted by Gasteiger charge is 2.18. The van der Waals surface area contributed by atoms with Crippen LogP contribution in [0.25, 0.3) is 0 Å². The minimum atomic E-state index is -4.07. The van der Waals surface area contributed by atoms with Gasteiger partial charge in [0.1, 0.15) is 5.71 Å². The number of ketones is 2. The maximum atomic E-state index is 12.9. The summed E-state index contributed by atoms with van der Waals surface area (Å²) in [5.74, 6) is -1.70. The van der Waals surface area contributed by atoms with Gasteiger partial charge in [0.05, 0.1) is 10.5 Å². The molecule has 3 rings (SSSR count). The molecule has 0 spiro atoms. The van der Waals surface area contributed by atoms with Gasteiger partial charge < -0.3 is 4.84 Å². The van der Waals surface area contributed by atoms with E-state index in [2.05, 4.69) is 10.6 Å². The molecule has 10 heteroatoms. The van der Waals surface area contributed by atoms with Crippen LogP contribution in [0.2, 0.25) is 0 Å². The summed E-state index contributed by atoms with van der Waals surface area (Å²) >= 11 is 0. The molecule has 0 saturated heterocycles. The van der Waals surface area contributed by atoms with Crippen molar-refractivity contribution in [1.82, 2.24) is 5.48 Å². The summed E-state index contributed by atoms with van der Waals surface area (Å²) in [6.45, 7) is 1.74. The summed E-state index contributed by atoms with van der Waals surface area (Å²) in [5.41, 5.74) is 3.30. The summed E-state index contributed by atoms with van der Waals surface area (Å²) in [5, 5.41) is 3.74. The third kappa shape index (κ3) is 8.34. The SMILES string of the molecule is Cc1cccc(S(=O)(=O)ONC=CC(=O)CCC(=NOC(=O)c2ccccc2)C(=O)c2ccccc2)c1. The van der Waals surface area contributed by atoms with Gasteiger partial charge in [-0.2, -0.15) is 8.42 Å². The summed E-state index contributed by atoms with van der Waals surface area (Å²) in [6.07, 6.45) is 1.80. The normalized spacial score (nSPS) is 11.8. The molecular formula is C27H24N2O7S. The largest absolute Gasteiger partial charge is 0.365 e. The highest BCUT2D eigenvalue weighted by Crippen LogP contribution is 2.13. The zero-order chi connectivity index (χ0) is 26.7. The first kappa shape index (κ1) is 27.2. The number of hydrogen-bond donors (Lipinski definition) is 1. The average molecular weight is 521 g/mol. The van der Waals surface area contributed by atoms with Gasteiger partial charge in [0.15, 0.2) is 5.78 Å². The van der Waals surface area contributed by atoms with Crippen LogP contribution in [0.3, 0.4) is 0 Å². The van der Waals surface area contributed by atoms with Gasteiger partial charge >= 0.3 is 16.1 Å². The molecule has 0 aromatic heterocycles. The van der Waals surface area contributed by atoms with E-state index in [1.165, 1.54) is 12.1 Å². The fourth-order valence-electron chi connectivity index (χ4n) is 3.04. The van der Waals surface area contributed by atoms with Crippen molar-refractivity contribution < 1.29 is 31.9 Å². The van der Waals surface area contributed by atoms with Gasteiger partial charge in [-0.15, -0.1) is 4.28 Å². The number of carbonyl (C=O) groups excluding carboxylic acids is 3. The lowest BCUT2D eigenvalue weighted by Crippen LogP contribution is -2.18. The molecule has 0 aliphatic heterocycles. The number of benzene rings is 3. The van der Waals surface area contributed by atoms with E-state index in [-0.39, 0.29) is 29.0 Å². The van der Waals surface area contributed by atoms with E-state index < -0.39 is 27.7 Å². The molecule has 1 N–H and O–H groups in total. The number of Topliss-reactive ketones (excluding diaryl/α,β-unsaturated/α-hetero) is 1. The molecule has 0 heterocycles. The summed E-state index contributed by atoms with van der Waals surface area (Å²) in [6, 6.07) is 22.5. The number of hydroxylamine groups is 1. The molecule has 9 nitrogen and oxygen atoms in total. The van der Waals surface area contributed by atoms with Crippen LogP contribution in [0.15, 0.2) is 107 Å². The van der Waals surface area contributed by atoms with Crippen molar-refractivity contribution in [1.29, 1.82) is 0 Å². The molecule has 0 aliphatic rings. The standard InChI is InChI=1S/C27H24N2O7S/c1-20-9-8-14-24(19-20)37(33,34)36-28-18-17-23(30)15-16-25(26(31)21-10-4-2-5-11-21)29-35-27(32)22-12-6-3-7-13-22/h2-14,17-19,28H,15-16H2,1H3. The Labute approximate surface area is 214 Å². The van der Waals surface area contributed by atoms with Gasteiger partial charge in [-0.3, -0.25) is 15.1 Å². The maximum Gasteiger partial charge on any atom is 0.365 e. The highest BCUT2D eigenvalue weighted by atomic mass is 32.2. The number of aryl methyl sites for hydroxylation is 1. The molecule has 190 valence electrons. The molecule has 0 radical (unpaired) electrons. The Morgan fingerprint density at radius 3 is 2.16 bits per heavy atom. The van der Waals surface area contributed by atoms with Crippen molar-refractivity contribution in [2.45, 2.75) is 24.7 Å². The molecule has 0 amide bonds. The minimum absolute atomic E-state index is 0.0370. The molecule has 37 heavy (non-hydrogen) atoms. The van der Waals surface area contributed by atoms with E-state index in [0.29, 0.717) is 5.56 Å². The van der Waals surface area contributed by atoms with Crippen LogP contribution in [-0.4, -0.2) is 31.7 Å². The van der Waals surface area contributed by atoms with Crippen LogP contribution in [0.5, 0.6) is 0 Å². The number of nitrogens with zero attached hydrogens (tertiary/aromatic N) is 1. The minimum Gasteiger partial charge on any atom is -0.312 e. The molecule has 0 fully saturated rings. The maximum absolute atomic E-state index is 12.9. The van der Waals surface area contributed by atoms with Crippen LogP contribution in [0.1, 0.15) is 39.1 Å². The predicted molar refractivity (Wildman–Crippen MR) is 136 cm³/mol. The fraction of sp³-hybridized carbons (Fsp3) is 0.111. The number of carbonyl (C=O) groups is 3.